The van der Waals surface area contributed by atoms with Gasteiger partial charge in [-0.2, -0.15) is 0 Å². The fourth-order valence-corrected chi connectivity index (χ4v) is 1.49. The quantitative estimate of drug-likeness (QED) is 0.828. The maximum atomic E-state index is 11.3. The molecule has 0 radical (unpaired) electrons. The Morgan fingerprint density at radius 3 is 2.50 bits per heavy atom. The number of benzene rings is 1. The third-order valence-corrected chi connectivity index (χ3v) is 2.81. The molecule has 0 aliphatic rings. The molecule has 0 unspecified atom stereocenters. The van der Waals surface area contributed by atoms with Crippen molar-refractivity contribution in [2.24, 2.45) is 5.92 Å². The Labute approximate surface area is 98.1 Å². The van der Waals surface area contributed by atoms with E-state index in [-0.39, 0.29) is 11.8 Å². The lowest BCUT2D eigenvalue weighted by molar-refractivity contribution is -0.123. The van der Waals surface area contributed by atoms with E-state index in [0.29, 0.717) is 0 Å². The molecule has 1 aromatic carbocycles. The molecule has 0 aliphatic carbocycles. The number of amides is 1. The Kier molecular flexibility index (Phi) is 4.53. The van der Waals surface area contributed by atoms with E-state index in [1.54, 1.807) is 0 Å². The van der Waals surface area contributed by atoms with E-state index in [1.165, 1.54) is 16.7 Å². The minimum atomic E-state index is 0.0692. The topological polar surface area (TPSA) is 29.1 Å². The second-order valence-corrected chi connectivity index (χ2v) is 4.61. The zero-order chi connectivity index (χ0) is 12.1. The Balaban J connectivity index is 2.43. The summed E-state index contributed by atoms with van der Waals surface area (Å²) in [7, 11) is 0. The molecule has 16 heavy (non-hydrogen) atoms. The van der Waals surface area contributed by atoms with E-state index in [9.17, 15) is 4.79 Å². The zero-order valence-corrected chi connectivity index (χ0v) is 10.6. The van der Waals surface area contributed by atoms with Crippen molar-refractivity contribution in [1.82, 2.24) is 5.32 Å². The fraction of sp³-hybridized carbons (Fsp3) is 0.500. The van der Waals surface area contributed by atoms with Crippen LogP contribution in [0.15, 0.2) is 18.2 Å². The second kappa shape index (κ2) is 5.69. The van der Waals surface area contributed by atoms with Crippen LogP contribution >= 0.6 is 0 Å². The van der Waals surface area contributed by atoms with Crippen LogP contribution in [0.3, 0.4) is 0 Å². The van der Waals surface area contributed by atoms with E-state index in [4.69, 9.17) is 0 Å². The second-order valence-electron chi connectivity index (χ2n) is 4.61. The number of carbonyl (C=O) groups is 1. The first-order valence-corrected chi connectivity index (χ1v) is 5.84. The average Bonchev–Trinajstić information content (AvgIpc) is 2.23. The highest BCUT2D eigenvalue weighted by Gasteiger charge is 2.05. The van der Waals surface area contributed by atoms with E-state index in [2.05, 4.69) is 37.4 Å². The maximum Gasteiger partial charge on any atom is 0.222 e. The van der Waals surface area contributed by atoms with Gasteiger partial charge in [0.05, 0.1) is 0 Å². The van der Waals surface area contributed by atoms with Crippen LogP contribution in [0.5, 0.6) is 0 Å². The van der Waals surface area contributed by atoms with Gasteiger partial charge in [0.25, 0.3) is 0 Å². The largest absolute Gasteiger partial charge is 0.356 e. The summed E-state index contributed by atoms with van der Waals surface area (Å²) in [6, 6.07) is 6.45. The van der Waals surface area contributed by atoms with Gasteiger partial charge in [0.15, 0.2) is 0 Å². The molecule has 0 saturated heterocycles. The van der Waals surface area contributed by atoms with Crippen LogP contribution in [-0.4, -0.2) is 12.5 Å². The maximum absolute atomic E-state index is 11.3. The smallest absolute Gasteiger partial charge is 0.222 e. The lowest BCUT2D eigenvalue weighted by Gasteiger charge is -2.08. The molecule has 1 amide bonds. The summed E-state index contributed by atoms with van der Waals surface area (Å²) in [4.78, 5) is 11.3. The summed E-state index contributed by atoms with van der Waals surface area (Å²) in [5.74, 6) is 0.198. The molecule has 0 bridgehead atoms. The van der Waals surface area contributed by atoms with Gasteiger partial charge in [0, 0.05) is 12.5 Å². The number of hydrogen-bond acceptors (Lipinski definition) is 1. The third kappa shape index (κ3) is 3.69. The van der Waals surface area contributed by atoms with Crippen LogP contribution in [0.2, 0.25) is 0 Å². The van der Waals surface area contributed by atoms with Crippen LogP contribution in [0.4, 0.5) is 0 Å². The van der Waals surface area contributed by atoms with E-state index in [0.717, 1.165) is 13.0 Å². The summed E-state index contributed by atoms with van der Waals surface area (Å²) in [6.07, 6.45) is 0.902. The van der Waals surface area contributed by atoms with Gasteiger partial charge >= 0.3 is 0 Å². The Morgan fingerprint density at radius 2 is 1.94 bits per heavy atom. The molecule has 1 rings (SSSR count). The van der Waals surface area contributed by atoms with Crippen molar-refractivity contribution in [3.05, 3.63) is 34.9 Å². The molecule has 2 heteroatoms. The first-order chi connectivity index (χ1) is 7.50. The Hall–Kier alpha value is -1.31. The predicted molar refractivity (Wildman–Crippen MR) is 67.5 cm³/mol. The summed E-state index contributed by atoms with van der Waals surface area (Å²) in [6.45, 7) is 8.77. The van der Waals surface area contributed by atoms with Crippen LogP contribution in [-0.2, 0) is 11.2 Å². The number of nitrogens with one attached hydrogen (secondary N) is 1. The molecule has 0 aliphatic heterocycles. The Bertz CT molecular complexity index is 369. The molecule has 0 fully saturated rings. The molecule has 1 aromatic rings. The Morgan fingerprint density at radius 1 is 1.25 bits per heavy atom. The standard InChI is InChI=1S/C14H21NO/c1-10(2)14(16)15-8-7-13-6-5-11(3)12(4)9-13/h5-6,9-10H,7-8H2,1-4H3,(H,15,16). The molecule has 0 aromatic heterocycles. The van der Waals surface area contributed by atoms with Crippen molar-refractivity contribution >= 4 is 5.91 Å². The van der Waals surface area contributed by atoms with Crippen molar-refractivity contribution < 1.29 is 4.79 Å². The summed E-state index contributed by atoms with van der Waals surface area (Å²) < 4.78 is 0. The van der Waals surface area contributed by atoms with E-state index in [1.807, 2.05) is 13.8 Å². The van der Waals surface area contributed by atoms with Crippen LogP contribution in [0.1, 0.15) is 30.5 Å². The highest BCUT2D eigenvalue weighted by Crippen LogP contribution is 2.09. The van der Waals surface area contributed by atoms with Gasteiger partial charge in [-0.1, -0.05) is 32.0 Å². The summed E-state index contributed by atoms with van der Waals surface area (Å²) in [5.41, 5.74) is 3.91. The van der Waals surface area contributed by atoms with Crippen molar-refractivity contribution in [2.75, 3.05) is 6.54 Å². The molecule has 0 spiro atoms. The molecule has 0 atom stereocenters. The van der Waals surface area contributed by atoms with E-state index >= 15 is 0 Å². The average molecular weight is 219 g/mol. The SMILES string of the molecule is Cc1ccc(CCNC(=O)C(C)C)cc1C. The predicted octanol–water partition coefficient (Wildman–Crippen LogP) is 2.62. The van der Waals surface area contributed by atoms with Gasteiger partial charge < -0.3 is 5.32 Å². The normalized spacial score (nSPS) is 10.6. The molecule has 0 heterocycles. The van der Waals surface area contributed by atoms with Gasteiger partial charge in [-0.05, 0) is 37.0 Å². The van der Waals surface area contributed by atoms with Gasteiger partial charge in [-0.25, -0.2) is 0 Å². The lowest BCUT2D eigenvalue weighted by atomic mass is 10.0. The first kappa shape index (κ1) is 12.8. The van der Waals surface area contributed by atoms with Crippen molar-refractivity contribution in [3.8, 4) is 0 Å². The monoisotopic (exact) mass is 219 g/mol. The minimum Gasteiger partial charge on any atom is -0.356 e. The molecular formula is C14H21NO. The van der Waals surface area contributed by atoms with Crippen molar-refractivity contribution in [3.63, 3.8) is 0 Å². The number of rotatable bonds is 4. The highest BCUT2D eigenvalue weighted by molar-refractivity contribution is 5.77. The molecule has 1 N–H and O–H groups in total. The first-order valence-electron chi connectivity index (χ1n) is 5.84. The lowest BCUT2D eigenvalue weighted by Crippen LogP contribution is -2.29. The van der Waals surface area contributed by atoms with E-state index < -0.39 is 0 Å². The number of hydrogen-bond donors (Lipinski definition) is 1. The molecular weight excluding hydrogens is 198 g/mol. The fourth-order valence-electron chi connectivity index (χ4n) is 1.49. The zero-order valence-electron chi connectivity index (χ0n) is 10.6. The minimum absolute atomic E-state index is 0.0692. The number of carbonyl (C=O) groups excluding carboxylic acids is 1. The number of aryl methyl sites for hydroxylation is 2. The highest BCUT2D eigenvalue weighted by atomic mass is 16.1. The third-order valence-electron chi connectivity index (χ3n) is 2.81. The van der Waals surface area contributed by atoms with Gasteiger partial charge in [-0.3, -0.25) is 4.79 Å². The van der Waals surface area contributed by atoms with Crippen LogP contribution in [0.25, 0.3) is 0 Å². The molecule has 88 valence electrons. The van der Waals surface area contributed by atoms with Gasteiger partial charge in [-0.15, -0.1) is 0 Å². The summed E-state index contributed by atoms with van der Waals surface area (Å²) >= 11 is 0. The van der Waals surface area contributed by atoms with Gasteiger partial charge in [0.1, 0.15) is 0 Å². The van der Waals surface area contributed by atoms with Crippen LogP contribution < -0.4 is 5.32 Å². The van der Waals surface area contributed by atoms with Crippen molar-refractivity contribution in [2.45, 2.75) is 34.1 Å². The molecule has 2 nitrogen and oxygen atoms in total. The molecule has 0 saturated carbocycles. The van der Waals surface area contributed by atoms with Crippen molar-refractivity contribution in [1.29, 1.82) is 0 Å². The van der Waals surface area contributed by atoms with Gasteiger partial charge in [0.2, 0.25) is 5.91 Å². The van der Waals surface area contributed by atoms with Crippen LogP contribution in [0, 0.1) is 19.8 Å². The summed E-state index contributed by atoms with van der Waals surface area (Å²) in [5, 5.41) is 2.93.